The fraction of sp³-hybridized carbons (Fsp3) is 0.286. The number of hydrogen-bond donors (Lipinski definition) is 1. The van der Waals surface area contributed by atoms with Gasteiger partial charge in [0.1, 0.15) is 12.4 Å². The van der Waals surface area contributed by atoms with E-state index >= 15 is 4.39 Å². The summed E-state index contributed by atoms with van der Waals surface area (Å²) in [5.74, 6) is -0.234. The van der Waals surface area contributed by atoms with Crippen molar-refractivity contribution in [1.82, 2.24) is 5.32 Å². The van der Waals surface area contributed by atoms with Crippen molar-refractivity contribution < 1.29 is 23.4 Å². The van der Waals surface area contributed by atoms with Gasteiger partial charge in [0.15, 0.2) is 17.2 Å². The number of nitrogens with zero attached hydrogens (tertiary/aromatic N) is 1. The molecule has 0 fully saturated rings. The zero-order valence-electron chi connectivity index (χ0n) is 20.4. The van der Waals surface area contributed by atoms with Gasteiger partial charge in [0.25, 0.3) is 0 Å². The number of fused-ring (bicyclic) bond motifs is 1. The summed E-state index contributed by atoms with van der Waals surface area (Å²) in [5.41, 5.74) is 0.321. The topological polar surface area (TPSA) is 80.6 Å². The van der Waals surface area contributed by atoms with Crippen LogP contribution in [0.25, 0.3) is 11.1 Å². The zero-order chi connectivity index (χ0) is 26.1. The number of rotatable bonds is 5. The highest BCUT2D eigenvalue weighted by Gasteiger charge is 2.44. The van der Waals surface area contributed by atoms with E-state index in [1.807, 2.05) is 57.2 Å². The number of ether oxygens (including phenoxy) is 3. The van der Waals surface area contributed by atoms with Crippen LogP contribution in [-0.2, 0) is 16.8 Å². The van der Waals surface area contributed by atoms with Crippen molar-refractivity contribution in [3.05, 3.63) is 82.1 Å². The molecule has 6 nitrogen and oxygen atoms in total. The lowest BCUT2D eigenvalue weighted by atomic mass is 9.86. The number of amides is 1. The summed E-state index contributed by atoms with van der Waals surface area (Å²) in [6, 6.07) is 17.6. The lowest BCUT2D eigenvalue weighted by Gasteiger charge is -2.30. The maximum absolute atomic E-state index is 15.5. The van der Waals surface area contributed by atoms with Crippen LogP contribution in [0.1, 0.15) is 37.5 Å². The van der Waals surface area contributed by atoms with Crippen LogP contribution in [0.2, 0.25) is 5.02 Å². The first-order valence-corrected chi connectivity index (χ1v) is 11.7. The molecule has 186 valence electrons. The smallest absolute Gasteiger partial charge is 0.407 e. The van der Waals surface area contributed by atoms with Gasteiger partial charge in [-0.15, -0.1) is 0 Å². The Morgan fingerprint density at radius 3 is 2.53 bits per heavy atom. The van der Waals surface area contributed by atoms with Crippen molar-refractivity contribution in [3.63, 3.8) is 0 Å². The number of methoxy groups -OCH3 is 1. The molecule has 0 saturated heterocycles. The molecule has 4 rings (SSSR count). The van der Waals surface area contributed by atoms with E-state index in [1.54, 1.807) is 12.1 Å². The molecule has 0 aliphatic carbocycles. The highest BCUT2D eigenvalue weighted by atomic mass is 35.5. The second kappa shape index (κ2) is 9.71. The Hall–Kier alpha value is -3.76. The minimum Gasteiger partial charge on any atom is -0.494 e. The van der Waals surface area contributed by atoms with Crippen LogP contribution in [0.15, 0.2) is 54.6 Å². The molecule has 8 heteroatoms. The molecule has 1 unspecified atom stereocenters. The fourth-order valence-electron chi connectivity index (χ4n) is 4.32. The van der Waals surface area contributed by atoms with Gasteiger partial charge in [-0.2, -0.15) is 5.26 Å². The van der Waals surface area contributed by atoms with E-state index in [-0.39, 0.29) is 34.9 Å². The van der Waals surface area contributed by atoms with E-state index in [0.29, 0.717) is 16.9 Å². The maximum atomic E-state index is 15.5. The summed E-state index contributed by atoms with van der Waals surface area (Å²) >= 11 is 6.61. The number of benzene rings is 3. The second-order valence-electron chi connectivity index (χ2n) is 9.61. The van der Waals surface area contributed by atoms with Crippen LogP contribution in [0.5, 0.6) is 11.5 Å². The Morgan fingerprint density at radius 2 is 1.89 bits per heavy atom. The monoisotopic (exact) mass is 508 g/mol. The summed E-state index contributed by atoms with van der Waals surface area (Å²) in [4.78, 5) is 12.5. The molecule has 3 aromatic rings. The largest absolute Gasteiger partial charge is 0.494 e. The number of halogens is 2. The molecular formula is C28H26ClFN2O4. The molecule has 3 aromatic carbocycles. The standard InChI is InChI=1S/C28H26ClFN2O4/c1-27(2,3)32-26(33)35-16-28(18-8-6-5-7-9-18)14-19-21(36-28)13-11-20(29)24(19)23-17(15-31)10-12-22(34-4)25(23)30/h5-13H,14,16H2,1-4H3,(H,32,33). The van der Waals surface area contributed by atoms with E-state index < -0.39 is 23.1 Å². The van der Waals surface area contributed by atoms with Gasteiger partial charge in [0, 0.05) is 33.7 Å². The van der Waals surface area contributed by atoms with Crippen LogP contribution in [0, 0.1) is 17.1 Å². The Labute approximate surface area is 214 Å². The Balaban J connectivity index is 1.82. The molecule has 1 heterocycles. The summed E-state index contributed by atoms with van der Waals surface area (Å²) < 4.78 is 32.8. The number of carbonyl (C=O) groups excluding carboxylic acids is 1. The molecule has 0 spiro atoms. The molecule has 1 aliphatic rings. The normalized spacial score (nSPS) is 16.5. The van der Waals surface area contributed by atoms with E-state index in [9.17, 15) is 10.1 Å². The van der Waals surface area contributed by atoms with Crippen LogP contribution < -0.4 is 14.8 Å². The van der Waals surface area contributed by atoms with Gasteiger partial charge in [0.05, 0.1) is 18.7 Å². The molecular weight excluding hydrogens is 483 g/mol. The number of carbonyl (C=O) groups is 1. The maximum Gasteiger partial charge on any atom is 0.407 e. The van der Waals surface area contributed by atoms with E-state index in [4.69, 9.17) is 25.8 Å². The highest BCUT2D eigenvalue weighted by molar-refractivity contribution is 6.33. The SMILES string of the molecule is COc1ccc(C#N)c(-c2c(Cl)ccc3c2CC(COC(=O)NC(C)(C)C)(c2ccccc2)O3)c1F. The summed E-state index contributed by atoms with van der Waals surface area (Å²) in [6.45, 7) is 5.46. The summed E-state index contributed by atoms with van der Waals surface area (Å²) in [5, 5.41) is 12.8. The van der Waals surface area contributed by atoms with Gasteiger partial charge in [-0.05, 0) is 50.6 Å². The molecule has 1 N–H and O–H groups in total. The first-order chi connectivity index (χ1) is 17.1. The number of alkyl carbamates (subject to hydrolysis) is 1. The fourth-order valence-corrected chi connectivity index (χ4v) is 4.59. The number of nitrogens with one attached hydrogen (secondary N) is 1. The molecule has 0 saturated carbocycles. The van der Waals surface area contributed by atoms with E-state index in [1.165, 1.54) is 19.2 Å². The molecule has 0 bridgehead atoms. The van der Waals surface area contributed by atoms with Crippen molar-refractivity contribution in [3.8, 4) is 28.7 Å². The Morgan fingerprint density at radius 1 is 1.17 bits per heavy atom. The van der Waals surface area contributed by atoms with Crippen LogP contribution >= 0.6 is 11.6 Å². The van der Waals surface area contributed by atoms with E-state index in [0.717, 1.165) is 5.56 Å². The lowest BCUT2D eigenvalue weighted by molar-refractivity contribution is 0.0102. The molecule has 0 radical (unpaired) electrons. The molecule has 1 atom stereocenters. The van der Waals surface area contributed by atoms with Gasteiger partial charge in [-0.1, -0.05) is 41.9 Å². The molecule has 1 amide bonds. The number of nitriles is 1. The van der Waals surface area contributed by atoms with Crippen molar-refractivity contribution >= 4 is 17.7 Å². The lowest BCUT2D eigenvalue weighted by Crippen LogP contribution is -2.44. The van der Waals surface area contributed by atoms with Crippen molar-refractivity contribution in [2.24, 2.45) is 0 Å². The Kier molecular flexibility index (Phi) is 6.83. The Bertz CT molecular complexity index is 1350. The minimum atomic E-state index is -1.08. The first-order valence-electron chi connectivity index (χ1n) is 11.4. The van der Waals surface area contributed by atoms with Crippen LogP contribution in [0.4, 0.5) is 9.18 Å². The molecule has 1 aliphatic heterocycles. The predicted molar refractivity (Wildman–Crippen MR) is 135 cm³/mol. The van der Waals surface area contributed by atoms with Crippen molar-refractivity contribution in [2.45, 2.75) is 38.3 Å². The van der Waals surface area contributed by atoms with Gasteiger partial charge >= 0.3 is 6.09 Å². The van der Waals surface area contributed by atoms with Crippen molar-refractivity contribution in [2.75, 3.05) is 13.7 Å². The number of hydrogen-bond acceptors (Lipinski definition) is 5. The first kappa shape index (κ1) is 25.3. The molecule has 36 heavy (non-hydrogen) atoms. The zero-order valence-corrected chi connectivity index (χ0v) is 21.2. The van der Waals surface area contributed by atoms with Gasteiger partial charge < -0.3 is 19.5 Å². The summed E-state index contributed by atoms with van der Waals surface area (Å²) in [7, 11) is 1.36. The average Bonchev–Trinajstić information content (AvgIpc) is 3.23. The highest BCUT2D eigenvalue weighted by Crippen LogP contribution is 2.49. The molecule has 0 aromatic heterocycles. The van der Waals surface area contributed by atoms with Gasteiger partial charge in [0.2, 0.25) is 0 Å². The van der Waals surface area contributed by atoms with Crippen LogP contribution in [-0.4, -0.2) is 25.3 Å². The average molecular weight is 509 g/mol. The third-order valence-electron chi connectivity index (χ3n) is 5.90. The van der Waals surface area contributed by atoms with Crippen LogP contribution in [0.3, 0.4) is 0 Å². The van der Waals surface area contributed by atoms with Gasteiger partial charge in [-0.25, -0.2) is 9.18 Å². The van der Waals surface area contributed by atoms with Gasteiger partial charge in [-0.3, -0.25) is 0 Å². The third kappa shape index (κ3) is 4.82. The quantitative estimate of drug-likeness (QED) is 0.432. The van der Waals surface area contributed by atoms with Crippen molar-refractivity contribution in [1.29, 1.82) is 5.26 Å². The second-order valence-corrected chi connectivity index (χ2v) is 10.0. The van der Waals surface area contributed by atoms with E-state index in [2.05, 4.69) is 5.32 Å². The third-order valence-corrected chi connectivity index (χ3v) is 6.21. The predicted octanol–water partition coefficient (Wildman–Crippen LogP) is 6.38. The minimum absolute atomic E-state index is 0.00640. The summed E-state index contributed by atoms with van der Waals surface area (Å²) in [6.07, 6.45) is -0.353.